The lowest BCUT2D eigenvalue weighted by molar-refractivity contribution is -0.127. The van der Waals surface area contributed by atoms with Gasteiger partial charge < -0.3 is 14.4 Å². The molecule has 7 nitrogen and oxygen atoms in total. The molecule has 2 aromatic rings. The van der Waals surface area contributed by atoms with Crippen LogP contribution in [0, 0.1) is 19.3 Å². The third kappa shape index (κ3) is 3.96. The van der Waals surface area contributed by atoms with E-state index in [1.54, 1.807) is 56.2 Å². The number of amides is 1. The summed E-state index contributed by atoms with van der Waals surface area (Å²) in [6.45, 7) is 9.88. The molecular weight excluding hydrogens is 404 g/mol. The molecule has 1 aliphatic heterocycles. The molecule has 30 heavy (non-hydrogen) atoms. The zero-order valence-electron chi connectivity index (χ0n) is 18.2. The van der Waals surface area contributed by atoms with Crippen LogP contribution in [0.15, 0.2) is 35.2 Å². The van der Waals surface area contributed by atoms with Crippen molar-refractivity contribution >= 4 is 27.3 Å². The number of methoxy groups -OCH3 is 1. The number of hydrogen-bond acceptors (Lipinski definition) is 5. The van der Waals surface area contributed by atoms with E-state index in [-0.39, 0.29) is 17.4 Å². The fraction of sp³-hybridized carbons (Fsp3) is 0.409. The Morgan fingerprint density at radius 3 is 2.37 bits per heavy atom. The zero-order valence-corrected chi connectivity index (χ0v) is 19.0. The molecule has 0 aliphatic carbocycles. The van der Waals surface area contributed by atoms with E-state index in [1.807, 2.05) is 20.8 Å². The van der Waals surface area contributed by atoms with Gasteiger partial charge >= 0.3 is 0 Å². The molecule has 0 radical (unpaired) electrons. The van der Waals surface area contributed by atoms with Crippen molar-refractivity contribution in [3.63, 3.8) is 0 Å². The minimum Gasteiger partial charge on any atom is -0.496 e. The van der Waals surface area contributed by atoms with Gasteiger partial charge in [0, 0.05) is 12.6 Å². The van der Waals surface area contributed by atoms with Crippen LogP contribution in [-0.4, -0.2) is 34.6 Å². The lowest BCUT2D eigenvalue weighted by Crippen LogP contribution is -2.42. The van der Waals surface area contributed by atoms with E-state index < -0.39 is 15.4 Å². The van der Waals surface area contributed by atoms with Gasteiger partial charge in [0.1, 0.15) is 18.1 Å². The molecule has 0 atom stereocenters. The molecular formula is C22H28N2O5S. The Morgan fingerprint density at radius 2 is 1.80 bits per heavy atom. The fourth-order valence-corrected chi connectivity index (χ4v) is 4.85. The molecule has 3 rings (SSSR count). The van der Waals surface area contributed by atoms with Crippen LogP contribution in [0.4, 0.5) is 11.4 Å². The van der Waals surface area contributed by atoms with Gasteiger partial charge in [0.2, 0.25) is 5.91 Å². The van der Waals surface area contributed by atoms with Gasteiger partial charge in [-0.05, 0) is 70.0 Å². The van der Waals surface area contributed by atoms with Crippen molar-refractivity contribution in [3.8, 4) is 11.5 Å². The van der Waals surface area contributed by atoms with Crippen molar-refractivity contribution in [3.05, 3.63) is 41.5 Å². The lowest BCUT2D eigenvalue weighted by Gasteiger charge is -2.26. The molecule has 1 amide bonds. The van der Waals surface area contributed by atoms with Gasteiger partial charge in [-0.2, -0.15) is 0 Å². The maximum atomic E-state index is 13.0. The summed E-state index contributed by atoms with van der Waals surface area (Å²) in [5, 5.41) is 0. The van der Waals surface area contributed by atoms with Crippen molar-refractivity contribution in [2.45, 2.75) is 39.5 Å². The van der Waals surface area contributed by atoms with Crippen LogP contribution in [0.25, 0.3) is 0 Å². The van der Waals surface area contributed by atoms with Gasteiger partial charge in [-0.1, -0.05) is 0 Å². The normalized spacial score (nSPS) is 15.8. The van der Waals surface area contributed by atoms with Crippen LogP contribution in [0.2, 0.25) is 0 Å². The van der Waals surface area contributed by atoms with Crippen LogP contribution in [0.3, 0.4) is 0 Å². The second-order valence-corrected chi connectivity index (χ2v) is 9.78. The number of anilines is 2. The first-order chi connectivity index (χ1) is 14.0. The molecule has 1 heterocycles. The number of nitrogens with one attached hydrogen (secondary N) is 1. The molecule has 0 aromatic heterocycles. The second kappa shape index (κ2) is 7.83. The predicted octanol–water partition coefficient (Wildman–Crippen LogP) is 3.88. The number of carbonyl (C=O) groups excluding carboxylic acids is 1. The summed E-state index contributed by atoms with van der Waals surface area (Å²) in [4.78, 5) is 14.6. The monoisotopic (exact) mass is 432 g/mol. The average Bonchev–Trinajstić information content (AvgIpc) is 2.76. The minimum atomic E-state index is -3.81. The Balaban J connectivity index is 1.96. The Labute approximate surface area is 178 Å². The number of ether oxygens (including phenoxy) is 2. The lowest BCUT2D eigenvalue weighted by atomic mass is 9.93. The van der Waals surface area contributed by atoms with Gasteiger partial charge in [0.15, 0.2) is 0 Å². The number of rotatable bonds is 5. The summed E-state index contributed by atoms with van der Waals surface area (Å²) >= 11 is 0. The van der Waals surface area contributed by atoms with Crippen molar-refractivity contribution in [1.29, 1.82) is 0 Å². The maximum Gasteiger partial charge on any atom is 0.261 e. The van der Waals surface area contributed by atoms with Crippen molar-refractivity contribution in [2.24, 2.45) is 5.41 Å². The highest BCUT2D eigenvalue weighted by Gasteiger charge is 2.37. The smallest absolute Gasteiger partial charge is 0.261 e. The first kappa shape index (κ1) is 22.0. The van der Waals surface area contributed by atoms with Crippen LogP contribution in [0.1, 0.15) is 31.9 Å². The number of fused-ring (bicyclic) bond motifs is 1. The summed E-state index contributed by atoms with van der Waals surface area (Å²) in [6, 6.07) is 8.12. The molecule has 0 saturated carbocycles. The molecule has 2 aromatic carbocycles. The van der Waals surface area contributed by atoms with Crippen LogP contribution < -0.4 is 19.1 Å². The first-order valence-corrected chi connectivity index (χ1v) is 11.3. The quantitative estimate of drug-likeness (QED) is 0.775. The van der Waals surface area contributed by atoms with E-state index in [0.717, 1.165) is 11.1 Å². The summed E-state index contributed by atoms with van der Waals surface area (Å²) in [5.74, 6) is 1.11. The van der Waals surface area contributed by atoms with Crippen LogP contribution in [0.5, 0.6) is 11.5 Å². The molecule has 162 valence electrons. The van der Waals surface area contributed by atoms with Crippen LogP contribution >= 0.6 is 0 Å². The topological polar surface area (TPSA) is 84.9 Å². The van der Waals surface area contributed by atoms with Crippen LogP contribution in [-0.2, 0) is 14.8 Å². The largest absolute Gasteiger partial charge is 0.496 e. The number of benzene rings is 2. The van der Waals surface area contributed by atoms with Crippen molar-refractivity contribution in [1.82, 2.24) is 0 Å². The van der Waals surface area contributed by atoms with E-state index in [0.29, 0.717) is 29.4 Å². The Morgan fingerprint density at radius 1 is 1.17 bits per heavy atom. The Kier molecular flexibility index (Phi) is 5.73. The standard InChI is InChI=1S/C22H28N2O5S/c1-7-24-18-9-8-16(12-19(18)29-13-22(4,5)21(24)25)23-30(26,27)17-10-14(2)20(28-6)15(3)11-17/h8-12,23H,7,13H2,1-6H3. The number of nitrogens with zero attached hydrogens (tertiary/aromatic N) is 1. The number of sulfonamides is 1. The first-order valence-electron chi connectivity index (χ1n) is 9.77. The third-order valence-electron chi connectivity index (χ3n) is 5.18. The zero-order chi connectivity index (χ0) is 22.3. The van der Waals surface area contributed by atoms with E-state index in [1.165, 1.54) is 0 Å². The SMILES string of the molecule is CCN1C(=O)C(C)(C)COc2cc(NS(=O)(=O)c3cc(C)c(OC)c(C)c3)ccc21. The third-order valence-corrected chi connectivity index (χ3v) is 6.54. The highest BCUT2D eigenvalue weighted by molar-refractivity contribution is 7.92. The molecule has 1 aliphatic rings. The summed E-state index contributed by atoms with van der Waals surface area (Å²) in [7, 11) is -2.25. The molecule has 8 heteroatoms. The van der Waals surface area contributed by atoms with E-state index in [2.05, 4.69) is 4.72 Å². The highest BCUT2D eigenvalue weighted by Crippen LogP contribution is 2.38. The van der Waals surface area contributed by atoms with Gasteiger partial charge in [0.25, 0.3) is 10.0 Å². The Hall–Kier alpha value is -2.74. The van der Waals surface area contributed by atoms with Gasteiger partial charge in [-0.25, -0.2) is 8.42 Å². The molecule has 0 unspecified atom stereocenters. The van der Waals surface area contributed by atoms with E-state index in [4.69, 9.17) is 9.47 Å². The summed E-state index contributed by atoms with van der Waals surface area (Å²) < 4.78 is 39.7. The molecule has 1 N–H and O–H groups in total. The predicted molar refractivity (Wildman–Crippen MR) is 117 cm³/mol. The molecule has 0 fully saturated rings. The molecule has 0 saturated heterocycles. The maximum absolute atomic E-state index is 13.0. The molecule has 0 spiro atoms. The van der Waals surface area contributed by atoms with E-state index >= 15 is 0 Å². The number of carbonyl (C=O) groups is 1. The average molecular weight is 433 g/mol. The fourth-order valence-electron chi connectivity index (χ4n) is 3.63. The van der Waals surface area contributed by atoms with Gasteiger partial charge in [-0.3, -0.25) is 9.52 Å². The molecule has 0 bridgehead atoms. The van der Waals surface area contributed by atoms with Gasteiger partial charge in [-0.15, -0.1) is 0 Å². The van der Waals surface area contributed by atoms with Crippen molar-refractivity contribution < 1.29 is 22.7 Å². The second-order valence-electron chi connectivity index (χ2n) is 8.10. The van der Waals surface area contributed by atoms with Crippen molar-refractivity contribution in [2.75, 3.05) is 29.9 Å². The highest BCUT2D eigenvalue weighted by atomic mass is 32.2. The number of hydrogen-bond donors (Lipinski definition) is 1. The Bertz CT molecular complexity index is 1070. The minimum absolute atomic E-state index is 0.0266. The van der Waals surface area contributed by atoms with E-state index in [9.17, 15) is 13.2 Å². The van der Waals surface area contributed by atoms with Gasteiger partial charge in [0.05, 0.1) is 28.8 Å². The summed E-state index contributed by atoms with van der Waals surface area (Å²) in [6.07, 6.45) is 0. The summed E-state index contributed by atoms with van der Waals surface area (Å²) in [5.41, 5.74) is 1.80. The number of aryl methyl sites for hydroxylation is 2.